The van der Waals surface area contributed by atoms with E-state index in [1.807, 2.05) is 0 Å². The fraction of sp³-hybridized carbons (Fsp3) is 1.00. The van der Waals surface area contributed by atoms with Crippen molar-refractivity contribution in [1.82, 2.24) is 5.32 Å². The predicted octanol–water partition coefficient (Wildman–Crippen LogP) is 1.54. The highest BCUT2D eigenvalue weighted by Crippen LogP contribution is 2.41. The van der Waals surface area contributed by atoms with Gasteiger partial charge in [0.15, 0.2) is 0 Å². The molecule has 72 valence electrons. The van der Waals surface area contributed by atoms with Crippen molar-refractivity contribution in [2.24, 2.45) is 5.92 Å². The first kappa shape index (κ1) is 10.0. The molecule has 2 heteroatoms. The molecule has 1 saturated carbocycles. The summed E-state index contributed by atoms with van der Waals surface area (Å²) in [5.74, 6) is 0.816. The SMILES string of the molecule is CCCNC(C)(CCO)C1CC1. The molecule has 0 saturated heterocycles. The molecule has 0 spiro atoms. The van der Waals surface area contributed by atoms with Gasteiger partial charge in [0, 0.05) is 12.1 Å². The molecule has 0 bridgehead atoms. The number of aliphatic hydroxyl groups is 1. The van der Waals surface area contributed by atoms with Gasteiger partial charge < -0.3 is 10.4 Å². The monoisotopic (exact) mass is 171 g/mol. The first-order valence-corrected chi connectivity index (χ1v) is 5.09. The van der Waals surface area contributed by atoms with Gasteiger partial charge in [-0.2, -0.15) is 0 Å². The number of hydrogen-bond acceptors (Lipinski definition) is 2. The van der Waals surface area contributed by atoms with Crippen molar-refractivity contribution in [2.45, 2.75) is 45.1 Å². The highest BCUT2D eigenvalue weighted by Gasteiger charge is 2.40. The van der Waals surface area contributed by atoms with Crippen LogP contribution in [0.25, 0.3) is 0 Å². The fourth-order valence-corrected chi connectivity index (χ4v) is 1.80. The normalized spacial score (nSPS) is 22.2. The van der Waals surface area contributed by atoms with Gasteiger partial charge in [-0.05, 0) is 45.1 Å². The minimum atomic E-state index is 0.213. The van der Waals surface area contributed by atoms with E-state index < -0.39 is 0 Å². The molecule has 1 unspecified atom stereocenters. The van der Waals surface area contributed by atoms with Crippen LogP contribution in [-0.2, 0) is 0 Å². The Balaban J connectivity index is 2.34. The molecule has 0 aromatic heterocycles. The molecule has 1 aliphatic carbocycles. The Bertz CT molecular complexity index is 134. The fourth-order valence-electron chi connectivity index (χ4n) is 1.80. The van der Waals surface area contributed by atoms with Gasteiger partial charge >= 0.3 is 0 Å². The molecule has 1 atom stereocenters. The van der Waals surface area contributed by atoms with Crippen molar-refractivity contribution < 1.29 is 5.11 Å². The third-order valence-corrected chi connectivity index (χ3v) is 2.89. The van der Waals surface area contributed by atoms with E-state index in [4.69, 9.17) is 5.11 Å². The zero-order valence-electron chi connectivity index (χ0n) is 8.27. The molecule has 12 heavy (non-hydrogen) atoms. The minimum Gasteiger partial charge on any atom is -0.396 e. The van der Waals surface area contributed by atoms with Crippen LogP contribution in [0.3, 0.4) is 0 Å². The Kier molecular flexibility index (Phi) is 3.53. The van der Waals surface area contributed by atoms with Crippen LogP contribution in [-0.4, -0.2) is 23.8 Å². The van der Waals surface area contributed by atoms with Gasteiger partial charge in [0.25, 0.3) is 0 Å². The van der Waals surface area contributed by atoms with Crippen molar-refractivity contribution in [1.29, 1.82) is 0 Å². The molecule has 0 heterocycles. The Morgan fingerprint density at radius 3 is 2.58 bits per heavy atom. The van der Waals surface area contributed by atoms with Crippen LogP contribution >= 0.6 is 0 Å². The van der Waals surface area contributed by atoms with E-state index in [9.17, 15) is 0 Å². The topological polar surface area (TPSA) is 32.3 Å². The number of rotatable bonds is 6. The van der Waals surface area contributed by atoms with Crippen molar-refractivity contribution >= 4 is 0 Å². The Morgan fingerprint density at radius 2 is 2.17 bits per heavy atom. The van der Waals surface area contributed by atoms with Gasteiger partial charge in [-0.15, -0.1) is 0 Å². The van der Waals surface area contributed by atoms with E-state index in [0.29, 0.717) is 6.61 Å². The maximum atomic E-state index is 8.94. The van der Waals surface area contributed by atoms with Gasteiger partial charge in [-0.1, -0.05) is 6.92 Å². The van der Waals surface area contributed by atoms with E-state index in [1.54, 1.807) is 0 Å². The summed E-state index contributed by atoms with van der Waals surface area (Å²) in [6, 6.07) is 0. The second-order valence-corrected chi connectivity index (χ2v) is 4.09. The maximum absolute atomic E-state index is 8.94. The third kappa shape index (κ3) is 2.46. The van der Waals surface area contributed by atoms with Crippen LogP contribution in [0.5, 0.6) is 0 Å². The summed E-state index contributed by atoms with van der Waals surface area (Å²) in [6.07, 6.45) is 4.76. The minimum absolute atomic E-state index is 0.213. The molecular weight excluding hydrogens is 150 g/mol. The van der Waals surface area contributed by atoms with Crippen molar-refractivity contribution in [3.05, 3.63) is 0 Å². The van der Waals surface area contributed by atoms with Crippen LogP contribution < -0.4 is 5.32 Å². The third-order valence-electron chi connectivity index (χ3n) is 2.89. The average molecular weight is 171 g/mol. The molecule has 1 fully saturated rings. The summed E-state index contributed by atoms with van der Waals surface area (Å²) in [4.78, 5) is 0. The molecule has 0 radical (unpaired) electrons. The molecule has 0 aromatic carbocycles. The highest BCUT2D eigenvalue weighted by molar-refractivity contribution is 4.97. The highest BCUT2D eigenvalue weighted by atomic mass is 16.3. The van der Waals surface area contributed by atoms with E-state index in [2.05, 4.69) is 19.2 Å². The molecule has 2 nitrogen and oxygen atoms in total. The summed E-state index contributed by atoms with van der Waals surface area (Å²) in [5, 5.41) is 12.5. The lowest BCUT2D eigenvalue weighted by Gasteiger charge is -2.30. The lowest BCUT2D eigenvalue weighted by atomic mass is 9.92. The first-order valence-electron chi connectivity index (χ1n) is 5.09. The number of aliphatic hydroxyl groups excluding tert-OH is 1. The molecule has 0 amide bonds. The number of nitrogens with one attached hydrogen (secondary N) is 1. The molecule has 1 aliphatic rings. The largest absolute Gasteiger partial charge is 0.396 e. The summed E-state index contributed by atoms with van der Waals surface area (Å²) < 4.78 is 0. The van der Waals surface area contributed by atoms with Crippen molar-refractivity contribution in [2.75, 3.05) is 13.2 Å². The van der Waals surface area contributed by atoms with Gasteiger partial charge in [-0.25, -0.2) is 0 Å². The number of hydrogen-bond donors (Lipinski definition) is 2. The van der Waals surface area contributed by atoms with Crippen LogP contribution in [0.4, 0.5) is 0 Å². The van der Waals surface area contributed by atoms with E-state index >= 15 is 0 Å². The Morgan fingerprint density at radius 1 is 1.50 bits per heavy atom. The summed E-state index contributed by atoms with van der Waals surface area (Å²) >= 11 is 0. The molecule has 1 rings (SSSR count). The molecular formula is C10H21NO. The first-order chi connectivity index (χ1) is 5.73. The van der Waals surface area contributed by atoms with Crippen LogP contribution in [0.2, 0.25) is 0 Å². The smallest absolute Gasteiger partial charge is 0.0448 e. The van der Waals surface area contributed by atoms with Crippen LogP contribution in [0.1, 0.15) is 39.5 Å². The zero-order chi connectivity index (χ0) is 9.03. The lowest BCUT2D eigenvalue weighted by Crippen LogP contribution is -2.45. The lowest BCUT2D eigenvalue weighted by molar-refractivity contribution is 0.202. The van der Waals surface area contributed by atoms with Crippen molar-refractivity contribution in [3.63, 3.8) is 0 Å². The summed E-state index contributed by atoms with van der Waals surface area (Å²) in [5.41, 5.74) is 0.213. The second-order valence-electron chi connectivity index (χ2n) is 4.09. The average Bonchev–Trinajstić information content (AvgIpc) is 2.84. The zero-order valence-corrected chi connectivity index (χ0v) is 8.27. The van der Waals surface area contributed by atoms with Crippen LogP contribution in [0.15, 0.2) is 0 Å². The Hall–Kier alpha value is -0.0800. The molecule has 0 aliphatic heterocycles. The second kappa shape index (κ2) is 4.24. The van der Waals surface area contributed by atoms with Gasteiger partial charge in [0.05, 0.1) is 0 Å². The van der Waals surface area contributed by atoms with Crippen LogP contribution in [0, 0.1) is 5.92 Å². The van der Waals surface area contributed by atoms with E-state index in [-0.39, 0.29) is 5.54 Å². The summed E-state index contributed by atoms with van der Waals surface area (Å²) in [7, 11) is 0. The van der Waals surface area contributed by atoms with Crippen molar-refractivity contribution in [3.8, 4) is 0 Å². The Labute approximate surface area is 75.4 Å². The van der Waals surface area contributed by atoms with E-state index in [1.165, 1.54) is 19.3 Å². The maximum Gasteiger partial charge on any atom is 0.0448 e. The molecule has 2 N–H and O–H groups in total. The quantitative estimate of drug-likeness (QED) is 0.635. The van der Waals surface area contributed by atoms with Gasteiger partial charge in [0.2, 0.25) is 0 Å². The van der Waals surface area contributed by atoms with E-state index in [0.717, 1.165) is 18.9 Å². The molecule has 0 aromatic rings. The van der Waals surface area contributed by atoms with Gasteiger partial charge in [0.1, 0.15) is 0 Å². The standard InChI is InChI=1S/C10H21NO/c1-3-7-11-10(2,6-8-12)9-4-5-9/h9,11-12H,3-8H2,1-2H3. The van der Waals surface area contributed by atoms with Gasteiger partial charge in [-0.3, -0.25) is 0 Å². The summed E-state index contributed by atoms with van der Waals surface area (Å²) in [6.45, 7) is 5.81. The predicted molar refractivity (Wildman–Crippen MR) is 51.1 cm³/mol.